The van der Waals surface area contributed by atoms with Crippen molar-refractivity contribution in [1.29, 1.82) is 0 Å². The van der Waals surface area contributed by atoms with E-state index in [0.717, 1.165) is 44.1 Å². The zero-order chi connectivity index (χ0) is 19.1. The first-order valence-corrected chi connectivity index (χ1v) is 10.1. The number of aryl methyl sites for hydroxylation is 1. The van der Waals surface area contributed by atoms with E-state index >= 15 is 0 Å². The van der Waals surface area contributed by atoms with Crippen molar-refractivity contribution in [2.24, 2.45) is 10.9 Å². The van der Waals surface area contributed by atoms with Crippen molar-refractivity contribution in [3.05, 3.63) is 29.8 Å². The van der Waals surface area contributed by atoms with Gasteiger partial charge in [0, 0.05) is 32.1 Å². The Labute approximate surface area is 162 Å². The Morgan fingerprint density at radius 2 is 2.11 bits per heavy atom. The molecular weight excluding hydrogens is 340 g/mol. The van der Waals surface area contributed by atoms with E-state index in [0.29, 0.717) is 19.1 Å². The maximum Gasteiger partial charge on any atom is 0.225 e. The maximum absolute atomic E-state index is 12.6. The quantitative estimate of drug-likeness (QED) is 0.457. The molecule has 1 aliphatic carbocycles. The molecule has 1 amide bonds. The number of aliphatic imine (C=N–C) groups is 1. The van der Waals surface area contributed by atoms with Crippen molar-refractivity contribution in [2.45, 2.75) is 45.1 Å². The lowest BCUT2D eigenvalue weighted by Crippen LogP contribution is -2.46. The van der Waals surface area contributed by atoms with E-state index in [1.165, 1.54) is 18.4 Å². The van der Waals surface area contributed by atoms with Crippen LogP contribution in [0.15, 0.2) is 29.3 Å². The van der Waals surface area contributed by atoms with Crippen LogP contribution in [-0.4, -0.2) is 56.1 Å². The number of likely N-dealkylation sites (tertiary alicyclic amines) is 1. The number of amides is 1. The molecule has 1 atom stereocenters. The van der Waals surface area contributed by atoms with Crippen molar-refractivity contribution < 1.29 is 9.53 Å². The predicted molar refractivity (Wildman–Crippen MR) is 108 cm³/mol. The molecule has 6 nitrogen and oxygen atoms in total. The topological polar surface area (TPSA) is 66.0 Å². The van der Waals surface area contributed by atoms with Gasteiger partial charge in [-0.05, 0) is 43.9 Å². The van der Waals surface area contributed by atoms with Crippen molar-refractivity contribution >= 4 is 11.9 Å². The zero-order valence-corrected chi connectivity index (χ0v) is 16.5. The molecular formula is C21H32N4O2. The number of nitrogens with one attached hydrogen (secondary N) is 2. The van der Waals surface area contributed by atoms with Crippen LogP contribution in [0.4, 0.5) is 0 Å². The number of ether oxygens (including phenoxy) is 1. The fourth-order valence-corrected chi connectivity index (χ4v) is 3.94. The number of benzene rings is 1. The summed E-state index contributed by atoms with van der Waals surface area (Å²) in [6.07, 6.45) is 5.51. The lowest BCUT2D eigenvalue weighted by Gasteiger charge is -2.21. The molecule has 27 heavy (non-hydrogen) atoms. The Hall–Kier alpha value is -2.24. The first-order chi connectivity index (χ1) is 13.2. The highest BCUT2D eigenvalue weighted by atomic mass is 16.5. The third kappa shape index (κ3) is 5.62. The summed E-state index contributed by atoms with van der Waals surface area (Å²) in [7, 11) is 1.77. The van der Waals surface area contributed by atoms with Gasteiger partial charge in [-0.25, -0.2) is 0 Å². The molecule has 0 aromatic heterocycles. The third-order valence-electron chi connectivity index (χ3n) is 5.42. The van der Waals surface area contributed by atoms with Gasteiger partial charge in [0.25, 0.3) is 0 Å². The van der Waals surface area contributed by atoms with E-state index in [2.05, 4.69) is 28.6 Å². The molecule has 3 rings (SSSR count). The van der Waals surface area contributed by atoms with Crippen LogP contribution in [0, 0.1) is 12.8 Å². The highest BCUT2D eigenvalue weighted by Crippen LogP contribution is 2.27. The predicted octanol–water partition coefficient (Wildman–Crippen LogP) is 2.33. The molecule has 6 heteroatoms. The van der Waals surface area contributed by atoms with Crippen LogP contribution in [0.1, 0.15) is 37.7 Å². The summed E-state index contributed by atoms with van der Waals surface area (Å²) < 4.78 is 5.76. The number of rotatable bonds is 6. The van der Waals surface area contributed by atoms with Gasteiger partial charge in [-0.1, -0.05) is 25.0 Å². The molecule has 1 unspecified atom stereocenters. The second-order valence-electron chi connectivity index (χ2n) is 7.56. The van der Waals surface area contributed by atoms with Crippen LogP contribution >= 0.6 is 0 Å². The molecule has 0 radical (unpaired) electrons. The molecule has 2 aliphatic rings. The molecule has 1 saturated heterocycles. The number of carbonyl (C=O) groups is 1. The summed E-state index contributed by atoms with van der Waals surface area (Å²) in [6, 6.07) is 8.31. The fourth-order valence-electron chi connectivity index (χ4n) is 3.94. The van der Waals surface area contributed by atoms with Crippen molar-refractivity contribution in [1.82, 2.24) is 15.5 Å². The van der Waals surface area contributed by atoms with Crippen molar-refractivity contribution in [3.8, 4) is 5.75 Å². The van der Waals surface area contributed by atoms with Gasteiger partial charge < -0.3 is 20.3 Å². The number of nitrogens with zero attached hydrogens (tertiary/aromatic N) is 2. The Balaban J connectivity index is 1.37. The smallest absolute Gasteiger partial charge is 0.225 e. The van der Waals surface area contributed by atoms with Crippen molar-refractivity contribution in [3.63, 3.8) is 0 Å². The normalized spacial score (nSPS) is 20.7. The summed E-state index contributed by atoms with van der Waals surface area (Å²) in [5, 5.41) is 6.73. The highest BCUT2D eigenvalue weighted by molar-refractivity contribution is 5.81. The summed E-state index contributed by atoms with van der Waals surface area (Å²) >= 11 is 0. The van der Waals surface area contributed by atoms with Gasteiger partial charge in [-0.2, -0.15) is 0 Å². The van der Waals surface area contributed by atoms with Crippen LogP contribution in [0.25, 0.3) is 0 Å². The van der Waals surface area contributed by atoms with E-state index in [9.17, 15) is 4.79 Å². The van der Waals surface area contributed by atoms with Crippen molar-refractivity contribution in [2.75, 3.05) is 33.3 Å². The molecule has 1 saturated carbocycles. The van der Waals surface area contributed by atoms with Gasteiger partial charge in [0.1, 0.15) is 12.4 Å². The number of hydrogen-bond donors (Lipinski definition) is 2. The van der Waals surface area contributed by atoms with Crippen LogP contribution in [0.2, 0.25) is 0 Å². The summed E-state index contributed by atoms with van der Waals surface area (Å²) in [4.78, 5) is 18.9. The van der Waals surface area contributed by atoms with E-state index in [4.69, 9.17) is 4.74 Å². The number of guanidine groups is 1. The van der Waals surface area contributed by atoms with E-state index in [1.54, 1.807) is 7.05 Å². The minimum atomic E-state index is 0.263. The van der Waals surface area contributed by atoms with E-state index < -0.39 is 0 Å². The monoisotopic (exact) mass is 372 g/mol. The van der Waals surface area contributed by atoms with Crippen LogP contribution < -0.4 is 15.4 Å². The van der Waals surface area contributed by atoms with Crippen LogP contribution in [-0.2, 0) is 4.79 Å². The van der Waals surface area contributed by atoms with Gasteiger partial charge in [0.15, 0.2) is 5.96 Å². The van der Waals surface area contributed by atoms with E-state index in [-0.39, 0.29) is 12.0 Å². The highest BCUT2D eigenvalue weighted by Gasteiger charge is 2.32. The summed E-state index contributed by atoms with van der Waals surface area (Å²) in [5.41, 5.74) is 1.19. The first kappa shape index (κ1) is 19.5. The Kier molecular flexibility index (Phi) is 6.96. The number of hydrogen-bond acceptors (Lipinski definition) is 3. The second-order valence-corrected chi connectivity index (χ2v) is 7.56. The zero-order valence-electron chi connectivity index (χ0n) is 16.5. The van der Waals surface area contributed by atoms with Gasteiger partial charge in [-0.15, -0.1) is 0 Å². The van der Waals surface area contributed by atoms with E-state index in [1.807, 2.05) is 23.1 Å². The minimum Gasteiger partial charge on any atom is -0.492 e. The summed E-state index contributed by atoms with van der Waals surface area (Å²) in [6.45, 7) is 4.92. The minimum absolute atomic E-state index is 0.263. The molecule has 1 aliphatic heterocycles. The molecule has 1 aromatic carbocycles. The third-order valence-corrected chi connectivity index (χ3v) is 5.42. The number of carbonyl (C=O) groups excluding carboxylic acids is 1. The molecule has 1 heterocycles. The SMILES string of the molecule is CN=C(NCCOc1cccc(C)c1)NC1CCN(C(=O)C2CCCC2)C1. The lowest BCUT2D eigenvalue weighted by molar-refractivity contribution is -0.134. The second kappa shape index (κ2) is 9.62. The molecule has 148 valence electrons. The molecule has 1 aromatic rings. The molecule has 2 N–H and O–H groups in total. The summed E-state index contributed by atoms with van der Waals surface area (Å²) in [5.74, 6) is 2.27. The fraction of sp³-hybridized carbons (Fsp3) is 0.619. The van der Waals surface area contributed by atoms with Gasteiger partial charge in [0.05, 0.1) is 6.54 Å². The Morgan fingerprint density at radius 3 is 2.85 bits per heavy atom. The average molecular weight is 373 g/mol. The lowest BCUT2D eigenvalue weighted by atomic mass is 10.1. The van der Waals surface area contributed by atoms with Gasteiger partial charge >= 0.3 is 0 Å². The average Bonchev–Trinajstić information content (AvgIpc) is 3.36. The van der Waals surface area contributed by atoms with Gasteiger partial charge in [-0.3, -0.25) is 9.79 Å². The van der Waals surface area contributed by atoms with Gasteiger partial charge in [0.2, 0.25) is 5.91 Å². The molecule has 0 spiro atoms. The molecule has 2 fully saturated rings. The maximum atomic E-state index is 12.6. The van der Waals surface area contributed by atoms with Crippen LogP contribution in [0.5, 0.6) is 5.75 Å². The Bertz CT molecular complexity index is 655. The Morgan fingerprint density at radius 1 is 1.30 bits per heavy atom. The largest absolute Gasteiger partial charge is 0.492 e. The van der Waals surface area contributed by atoms with Crippen LogP contribution in [0.3, 0.4) is 0 Å². The molecule has 0 bridgehead atoms. The first-order valence-electron chi connectivity index (χ1n) is 10.1. The standard InChI is InChI=1S/C21H32N4O2/c1-16-6-5-9-19(14-16)27-13-11-23-21(22-2)24-18-10-12-25(15-18)20(26)17-7-3-4-8-17/h5-6,9,14,17-18H,3-4,7-8,10-13,15H2,1-2H3,(H2,22,23,24).